The first-order valence-electron chi connectivity index (χ1n) is 5.17. The summed E-state index contributed by atoms with van der Waals surface area (Å²) in [6, 6.07) is 5.39. The maximum absolute atomic E-state index is 12.3. The lowest BCUT2D eigenvalue weighted by molar-refractivity contribution is -0.137. The van der Waals surface area contributed by atoms with Gasteiger partial charge in [-0.1, -0.05) is 41.9 Å². The van der Waals surface area contributed by atoms with Gasteiger partial charge in [0.15, 0.2) is 0 Å². The molecule has 0 bridgehead atoms. The van der Waals surface area contributed by atoms with E-state index in [0.717, 1.165) is 24.1 Å². The van der Waals surface area contributed by atoms with Crippen LogP contribution in [0.15, 0.2) is 24.3 Å². The second-order valence-corrected chi connectivity index (χ2v) is 5.01. The molecule has 16 heavy (non-hydrogen) atoms. The Morgan fingerprint density at radius 3 is 2.06 bits per heavy atom. The van der Waals surface area contributed by atoms with Crippen LogP contribution in [0.5, 0.6) is 0 Å². The van der Waals surface area contributed by atoms with Crippen molar-refractivity contribution >= 4 is 15.9 Å². The summed E-state index contributed by atoms with van der Waals surface area (Å²) in [6.45, 7) is 4.05. The van der Waals surface area contributed by atoms with Crippen molar-refractivity contribution in [2.45, 2.75) is 37.2 Å². The standard InChI is InChI=1S/C12H14BrF3/c1-3-11(13)8(2)9-4-6-10(7-5-9)12(14,15)16/h4-8,11H,3H2,1-2H3. The van der Waals surface area contributed by atoms with Crippen LogP contribution in [0.1, 0.15) is 37.3 Å². The molecule has 2 unspecified atom stereocenters. The average molecular weight is 295 g/mol. The van der Waals surface area contributed by atoms with Crippen LogP contribution in [0.2, 0.25) is 0 Å². The molecule has 0 aliphatic heterocycles. The average Bonchev–Trinajstić information content (AvgIpc) is 2.26. The van der Waals surface area contributed by atoms with Gasteiger partial charge in [0.05, 0.1) is 5.56 Å². The minimum absolute atomic E-state index is 0.215. The molecule has 0 saturated carbocycles. The fourth-order valence-electron chi connectivity index (χ4n) is 1.54. The first-order valence-corrected chi connectivity index (χ1v) is 6.09. The molecule has 0 fully saturated rings. The molecule has 1 aromatic rings. The molecule has 0 aromatic heterocycles. The van der Waals surface area contributed by atoms with Crippen molar-refractivity contribution in [2.24, 2.45) is 0 Å². The van der Waals surface area contributed by atoms with Crippen LogP contribution < -0.4 is 0 Å². The van der Waals surface area contributed by atoms with E-state index in [2.05, 4.69) is 15.9 Å². The van der Waals surface area contributed by atoms with E-state index < -0.39 is 11.7 Å². The Labute approximate surface area is 102 Å². The number of rotatable bonds is 3. The van der Waals surface area contributed by atoms with Crippen molar-refractivity contribution in [2.75, 3.05) is 0 Å². The lowest BCUT2D eigenvalue weighted by Gasteiger charge is -2.17. The molecule has 4 heteroatoms. The zero-order valence-electron chi connectivity index (χ0n) is 9.18. The van der Waals surface area contributed by atoms with Crippen LogP contribution in [0.4, 0.5) is 13.2 Å². The monoisotopic (exact) mass is 294 g/mol. The SMILES string of the molecule is CCC(Br)C(C)c1ccc(C(F)(F)F)cc1. The highest BCUT2D eigenvalue weighted by atomic mass is 79.9. The molecule has 0 spiro atoms. The minimum Gasteiger partial charge on any atom is -0.166 e. The van der Waals surface area contributed by atoms with Crippen molar-refractivity contribution in [3.63, 3.8) is 0 Å². The van der Waals surface area contributed by atoms with E-state index >= 15 is 0 Å². The van der Waals surface area contributed by atoms with Crippen molar-refractivity contribution < 1.29 is 13.2 Å². The lowest BCUT2D eigenvalue weighted by Crippen LogP contribution is -2.09. The van der Waals surface area contributed by atoms with E-state index in [0.29, 0.717) is 4.83 Å². The van der Waals surface area contributed by atoms with E-state index in [1.165, 1.54) is 0 Å². The number of hydrogen-bond acceptors (Lipinski definition) is 0. The molecule has 0 aliphatic carbocycles. The third kappa shape index (κ3) is 3.24. The van der Waals surface area contributed by atoms with E-state index in [9.17, 15) is 13.2 Å². The van der Waals surface area contributed by atoms with E-state index in [1.807, 2.05) is 13.8 Å². The van der Waals surface area contributed by atoms with Gasteiger partial charge in [0.25, 0.3) is 0 Å². The molecular formula is C12H14BrF3. The third-order valence-corrected chi connectivity index (χ3v) is 4.14. The highest BCUT2D eigenvalue weighted by molar-refractivity contribution is 9.09. The fourth-order valence-corrected chi connectivity index (χ4v) is 1.84. The maximum atomic E-state index is 12.3. The first kappa shape index (κ1) is 13.6. The van der Waals surface area contributed by atoms with Crippen LogP contribution in [0, 0.1) is 0 Å². The third-order valence-electron chi connectivity index (χ3n) is 2.70. The van der Waals surface area contributed by atoms with Crippen molar-refractivity contribution in [1.82, 2.24) is 0 Å². The van der Waals surface area contributed by atoms with Gasteiger partial charge in [0, 0.05) is 4.83 Å². The number of alkyl halides is 4. The molecule has 0 nitrogen and oxygen atoms in total. The topological polar surface area (TPSA) is 0 Å². The Kier molecular flexibility index (Phi) is 4.42. The predicted molar refractivity (Wildman–Crippen MR) is 62.9 cm³/mol. The van der Waals surface area contributed by atoms with Crippen molar-refractivity contribution in [3.8, 4) is 0 Å². The summed E-state index contributed by atoms with van der Waals surface area (Å²) < 4.78 is 37.0. The molecule has 0 N–H and O–H groups in total. The van der Waals surface area contributed by atoms with Gasteiger partial charge in [-0.15, -0.1) is 0 Å². The summed E-state index contributed by atoms with van der Waals surface area (Å²) in [6.07, 6.45) is -3.30. The molecule has 90 valence electrons. The largest absolute Gasteiger partial charge is 0.416 e. The van der Waals surface area contributed by atoms with Crippen LogP contribution in [-0.4, -0.2) is 4.83 Å². The molecule has 0 amide bonds. The van der Waals surface area contributed by atoms with Gasteiger partial charge < -0.3 is 0 Å². The highest BCUT2D eigenvalue weighted by Crippen LogP contribution is 2.32. The van der Waals surface area contributed by atoms with Crippen LogP contribution in [-0.2, 0) is 6.18 Å². The van der Waals surface area contributed by atoms with E-state index in [-0.39, 0.29) is 5.92 Å². The summed E-state index contributed by atoms with van der Waals surface area (Å²) in [5.41, 5.74) is 0.336. The Balaban J connectivity index is 2.87. The van der Waals surface area contributed by atoms with Gasteiger partial charge in [-0.2, -0.15) is 13.2 Å². The van der Waals surface area contributed by atoms with Crippen LogP contribution in [0.3, 0.4) is 0 Å². The highest BCUT2D eigenvalue weighted by Gasteiger charge is 2.30. The molecule has 1 aromatic carbocycles. The Morgan fingerprint density at radius 1 is 1.19 bits per heavy atom. The second-order valence-electron chi connectivity index (χ2n) is 3.83. The summed E-state index contributed by atoms with van der Waals surface area (Å²) in [5.74, 6) is 0.215. The number of benzene rings is 1. The summed E-state index contributed by atoms with van der Waals surface area (Å²) in [5, 5.41) is 0. The number of halogens is 4. The minimum atomic E-state index is -4.25. The fraction of sp³-hybridized carbons (Fsp3) is 0.500. The van der Waals surface area contributed by atoms with Crippen molar-refractivity contribution in [3.05, 3.63) is 35.4 Å². The summed E-state index contributed by atoms with van der Waals surface area (Å²) in [7, 11) is 0. The Bertz CT molecular complexity index is 329. The molecule has 0 saturated heterocycles. The summed E-state index contributed by atoms with van der Waals surface area (Å²) >= 11 is 3.51. The quantitative estimate of drug-likeness (QED) is 0.690. The molecular weight excluding hydrogens is 281 g/mol. The zero-order chi connectivity index (χ0) is 12.3. The molecule has 0 radical (unpaired) electrons. The normalized spacial score (nSPS) is 15.9. The Hall–Kier alpha value is -0.510. The molecule has 0 aliphatic rings. The lowest BCUT2D eigenvalue weighted by atomic mass is 9.95. The van der Waals surface area contributed by atoms with Crippen LogP contribution in [0.25, 0.3) is 0 Å². The maximum Gasteiger partial charge on any atom is 0.416 e. The summed E-state index contributed by atoms with van der Waals surface area (Å²) in [4.78, 5) is 0.296. The zero-order valence-corrected chi connectivity index (χ0v) is 10.8. The van der Waals surface area contributed by atoms with Gasteiger partial charge in [-0.3, -0.25) is 0 Å². The van der Waals surface area contributed by atoms with Gasteiger partial charge in [0.1, 0.15) is 0 Å². The molecule has 0 heterocycles. The van der Waals surface area contributed by atoms with Gasteiger partial charge in [0.2, 0.25) is 0 Å². The van der Waals surface area contributed by atoms with Gasteiger partial charge in [-0.25, -0.2) is 0 Å². The van der Waals surface area contributed by atoms with Crippen LogP contribution >= 0.6 is 15.9 Å². The van der Waals surface area contributed by atoms with E-state index in [4.69, 9.17) is 0 Å². The van der Waals surface area contributed by atoms with E-state index in [1.54, 1.807) is 12.1 Å². The second kappa shape index (κ2) is 5.21. The molecule has 1 rings (SSSR count). The Morgan fingerprint density at radius 2 is 1.69 bits per heavy atom. The van der Waals surface area contributed by atoms with Crippen molar-refractivity contribution in [1.29, 1.82) is 0 Å². The molecule has 2 atom stereocenters. The van der Waals surface area contributed by atoms with Gasteiger partial charge >= 0.3 is 6.18 Å². The van der Waals surface area contributed by atoms with Gasteiger partial charge in [-0.05, 0) is 30.0 Å². The smallest absolute Gasteiger partial charge is 0.166 e. The first-order chi connectivity index (χ1) is 7.36. The number of hydrogen-bond donors (Lipinski definition) is 0. The predicted octanol–water partition coefficient (Wildman–Crippen LogP) is 4.98.